The predicted molar refractivity (Wildman–Crippen MR) is 73.9 cm³/mol. The number of aromatic nitrogens is 1. The van der Waals surface area contributed by atoms with Crippen molar-refractivity contribution in [1.82, 2.24) is 10.3 Å². The average Bonchev–Trinajstić information content (AvgIpc) is 2.48. The first-order valence-corrected chi connectivity index (χ1v) is 7.03. The maximum Gasteiger partial charge on any atom is 0.307 e. The smallest absolute Gasteiger partial charge is 0.307 e. The minimum atomic E-state index is -0.865. The summed E-state index contributed by atoms with van der Waals surface area (Å²) in [5.41, 5.74) is 0.781. The molecule has 20 heavy (non-hydrogen) atoms. The lowest BCUT2D eigenvalue weighted by molar-refractivity contribution is -0.149. The Bertz CT molecular complexity index is 475. The van der Waals surface area contributed by atoms with Crippen molar-refractivity contribution < 1.29 is 14.7 Å². The highest BCUT2D eigenvalue weighted by molar-refractivity contribution is 5.85. The maximum absolute atomic E-state index is 12.3. The van der Waals surface area contributed by atoms with Crippen molar-refractivity contribution in [2.45, 2.75) is 38.6 Å². The van der Waals surface area contributed by atoms with Gasteiger partial charge in [-0.1, -0.05) is 18.9 Å². The quantitative estimate of drug-likeness (QED) is 0.883. The van der Waals surface area contributed by atoms with Crippen LogP contribution >= 0.6 is 0 Å². The number of hydrogen-bond donors (Lipinski definition) is 2. The molecule has 5 nitrogen and oxygen atoms in total. The monoisotopic (exact) mass is 276 g/mol. The molecule has 0 spiro atoms. The Hall–Kier alpha value is -1.91. The first-order chi connectivity index (χ1) is 9.59. The summed E-state index contributed by atoms with van der Waals surface area (Å²) in [5, 5.41) is 12.1. The molecule has 5 heteroatoms. The molecule has 1 aromatic heterocycles. The summed E-state index contributed by atoms with van der Waals surface area (Å²) >= 11 is 0. The first-order valence-electron chi connectivity index (χ1n) is 7.03. The summed E-state index contributed by atoms with van der Waals surface area (Å²) in [5.74, 6) is -2.02. The zero-order valence-corrected chi connectivity index (χ0v) is 11.6. The van der Waals surface area contributed by atoms with E-state index in [0.717, 1.165) is 18.5 Å². The normalized spacial score (nSPS) is 23.9. The van der Waals surface area contributed by atoms with Crippen LogP contribution in [0.25, 0.3) is 0 Å². The Morgan fingerprint density at radius 1 is 1.30 bits per heavy atom. The topological polar surface area (TPSA) is 79.3 Å². The van der Waals surface area contributed by atoms with Crippen LogP contribution in [0.1, 0.15) is 44.3 Å². The van der Waals surface area contributed by atoms with Crippen LogP contribution in [-0.4, -0.2) is 22.0 Å². The second-order valence-electron chi connectivity index (χ2n) is 5.32. The van der Waals surface area contributed by atoms with Crippen molar-refractivity contribution in [2.24, 2.45) is 11.8 Å². The van der Waals surface area contributed by atoms with Crippen LogP contribution in [0.3, 0.4) is 0 Å². The number of nitrogens with zero attached hydrogens (tertiary/aromatic N) is 1. The van der Waals surface area contributed by atoms with Gasteiger partial charge in [-0.2, -0.15) is 0 Å². The van der Waals surface area contributed by atoms with Gasteiger partial charge >= 0.3 is 5.97 Å². The Labute approximate surface area is 118 Å². The van der Waals surface area contributed by atoms with Crippen molar-refractivity contribution in [3.63, 3.8) is 0 Å². The van der Waals surface area contributed by atoms with Crippen molar-refractivity contribution in [1.29, 1.82) is 0 Å². The molecule has 3 atom stereocenters. The predicted octanol–water partition coefficient (Wildman–Crippen LogP) is 2.15. The Morgan fingerprint density at radius 2 is 2.00 bits per heavy atom. The number of rotatable bonds is 4. The maximum atomic E-state index is 12.3. The SMILES string of the molecule is CC(NC(=O)[C@@H]1CCCC[C@@H]1C(=O)O)c1ccccn1. The first kappa shape index (κ1) is 14.5. The van der Waals surface area contributed by atoms with Crippen molar-refractivity contribution in [3.8, 4) is 0 Å². The van der Waals surface area contributed by atoms with Gasteiger partial charge in [0.2, 0.25) is 5.91 Å². The van der Waals surface area contributed by atoms with Crippen LogP contribution in [0.15, 0.2) is 24.4 Å². The molecule has 1 aliphatic carbocycles. The van der Waals surface area contributed by atoms with E-state index >= 15 is 0 Å². The van der Waals surface area contributed by atoms with Gasteiger partial charge in [0.15, 0.2) is 0 Å². The van der Waals surface area contributed by atoms with E-state index in [1.54, 1.807) is 6.20 Å². The average molecular weight is 276 g/mol. The number of nitrogens with one attached hydrogen (secondary N) is 1. The highest BCUT2D eigenvalue weighted by Gasteiger charge is 2.36. The van der Waals surface area contributed by atoms with Gasteiger partial charge in [0.25, 0.3) is 0 Å². The molecular weight excluding hydrogens is 256 g/mol. The zero-order valence-electron chi connectivity index (χ0n) is 11.6. The summed E-state index contributed by atoms with van der Waals surface area (Å²) in [4.78, 5) is 27.7. The molecule has 2 N–H and O–H groups in total. The second kappa shape index (κ2) is 6.50. The Balaban J connectivity index is 2.01. The summed E-state index contributed by atoms with van der Waals surface area (Å²) in [6.45, 7) is 1.86. The molecule has 108 valence electrons. The lowest BCUT2D eigenvalue weighted by Gasteiger charge is -2.28. The molecular formula is C15H20N2O3. The van der Waals surface area contributed by atoms with E-state index in [0.29, 0.717) is 12.8 Å². The Morgan fingerprint density at radius 3 is 2.60 bits per heavy atom. The van der Waals surface area contributed by atoms with Gasteiger partial charge < -0.3 is 10.4 Å². The lowest BCUT2D eigenvalue weighted by Crippen LogP contribution is -2.40. The molecule has 0 saturated heterocycles. The number of hydrogen-bond acceptors (Lipinski definition) is 3. The third-order valence-electron chi connectivity index (χ3n) is 3.91. The fourth-order valence-corrected chi connectivity index (χ4v) is 2.77. The van der Waals surface area contributed by atoms with E-state index in [1.807, 2.05) is 25.1 Å². The molecule has 2 rings (SSSR count). The summed E-state index contributed by atoms with van der Waals surface area (Å²) in [6.07, 6.45) is 4.72. The van der Waals surface area contributed by atoms with E-state index in [9.17, 15) is 14.7 Å². The third-order valence-corrected chi connectivity index (χ3v) is 3.91. The summed E-state index contributed by atoms with van der Waals surface area (Å²) in [6, 6.07) is 5.33. The number of aliphatic carboxylic acids is 1. The van der Waals surface area contributed by atoms with Crippen LogP contribution in [-0.2, 0) is 9.59 Å². The summed E-state index contributed by atoms with van der Waals surface area (Å²) in [7, 11) is 0. The van der Waals surface area contributed by atoms with Crippen LogP contribution < -0.4 is 5.32 Å². The van der Waals surface area contributed by atoms with Crippen LogP contribution in [0.2, 0.25) is 0 Å². The molecule has 1 amide bonds. The highest BCUT2D eigenvalue weighted by atomic mass is 16.4. The number of amides is 1. The number of pyridine rings is 1. The molecule has 1 fully saturated rings. The van der Waals surface area contributed by atoms with Crippen molar-refractivity contribution >= 4 is 11.9 Å². The van der Waals surface area contributed by atoms with Crippen LogP contribution in [0.4, 0.5) is 0 Å². The minimum absolute atomic E-state index is 0.171. The van der Waals surface area contributed by atoms with Gasteiger partial charge in [0, 0.05) is 6.20 Å². The van der Waals surface area contributed by atoms with Crippen molar-refractivity contribution in [3.05, 3.63) is 30.1 Å². The van der Waals surface area contributed by atoms with Crippen LogP contribution in [0, 0.1) is 11.8 Å². The summed E-state index contributed by atoms with van der Waals surface area (Å²) < 4.78 is 0. The van der Waals surface area contributed by atoms with Crippen LogP contribution in [0.5, 0.6) is 0 Å². The van der Waals surface area contributed by atoms with Gasteiger partial charge in [-0.15, -0.1) is 0 Å². The number of carbonyl (C=O) groups excluding carboxylic acids is 1. The Kier molecular flexibility index (Phi) is 4.71. The van der Waals surface area contributed by atoms with Gasteiger partial charge in [-0.25, -0.2) is 0 Å². The standard InChI is InChI=1S/C15H20N2O3/c1-10(13-8-4-5-9-16-13)17-14(18)11-6-2-3-7-12(11)15(19)20/h4-5,8-12H,2-3,6-7H2,1H3,(H,17,18)(H,19,20)/t10?,11-,12+/m1/s1. The molecule has 1 aliphatic rings. The highest BCUT2D eigenvalue weighted by Crippen LogP contribution is 2.30. The molecule has 0 radical (unpaired) electrons. The van der Waals surface area contributed by atoms with E-state index in [1.165, 1.54) is 0 Å². The van der Waals surface area contributed by atoms with Crippen molar-refractivity contribution in [2.75, 3.05) is 0 Å². The fraction of sp³-hybridized carbons (Fsp3) is 0.533. The minimum Gasteiger partial charge on any atom is -0.481 e. The number of carboxylic acids is 1. The molecule has 1 heterocycles. The number of carboxylic acid groups (broad SMARTS) is 1. The van der Waals surface area contributed by atoms with E-state index in [4.69, 9.17) is 0 Å². The number of carbonyl (C=O) groups is 2. The molecule has 1 unspecified atom stereocenters. The van der Waals surface area contributed by atoms with E-state index in [2.05, 4.69) is 10.3 Å². The van der Waals surface area contributed by atoms with E-state index < -0.39 is 17.8 Å². The molecule has 0 aliphatic heterocycles. The fourth-order valence-electron chi connectivity index (χ4n) is 2.77. The van der Waals surface area contributed by atoms with Gasteiger partial charge in [-0.05, 0) is 31.9 Å². The molecule has 0 bridgehead atoms. The molecule has 1 saturated carbocycles. The second-order valence-corrected chi connectivity index (χ2v) is 5.32. The van der Waals surface area contributed by atoms with E-state index in [-0.39, 0.29) is 11.9 Å². The lowest BCUT2D eigenvalue weighted by atomic mass is 9.78. The largest absolute Gasteiger partial charge is 0.481 e. The van der Waals surface area contributed by atoms with Gasteiger partial charge in [0.05, 0.1) is 23.6 Å². The molecule has 0 aromatic carbocycles. The molecule has 1 aromatic rings. The van der Waals surface area contributed by atoms with Gasteiger partial charge in [0.1, 0.15) is 0 Å². The third kappa shape index (κ3) is 3.35. The zero-order chi connectivity index (χ0) is 14.5. The van der Waals surface area contributed by atoms with Gasteiger partial charge in [-0.3, -0.25) is 14.6 Å².